The minimum atomic E-state index is -5.18. The predicted molar refractivity (Wildman–Crippen MR) is 60.1 cm³/mol. The number of rotatable bonds is 2. The van der Waals surface area contributed by atoms with Gasteiger partial charge in [-0.1, -0.05) is 18.2 Å². The summed E-state index contributed by atoms with van der Waals surface area (Å²) in [5.41, 5.74) is -2.29. The summed E-state index contributed by atoms with van der Waals surface area (Å²) >= 11 is 0. The van der Waals surface area contributed by atoms with Crippen LogP contribution in [0.5, 0.6) is 11.5 Å². The maximum absolute atomic E-state index is 13.7. The summed E-state index contributed by atoms with van der Waals surface area (Å²) in [7, 11) is 0. The topological polar surface area (TPSA) is 29.5 Å². The van der Waals surface area contributed by atoms with Gasteiger partial charge in [0.1, 0.15) is 5.75 Å². The van der Waals surface area contributed by atoms with Crippen LogP contribution in [-0.2, 0) is 0 Å². The van der Waals surface area contributed by atoms with E-state index in [2.05, 4.69) is 4.74 Å². The molecule has 0 aliphatic heterocycles. The molecule has 0 amide bonds. The van der Waals surface area contributed by atoms with Crippen LogP contribution < -0.4 is 4.74 Å². The van der Waals surface area contributed by atoms with Crippen molar-refractivity contribution in [1.29, 1.82) is 0 Å². The average Bonchev–Trinajstić information content (AvgIpc) is 2.43. The van der Waals surface area contributed by atoms with Gasteiger partial charge in [0.05, 0.1) is 5.56 Å². The quantitative estimate of drug-likeness (QED) is 0.650. The Bertz CT molecular complexity index is 696. The van der Waals surface area contributed by atoms with Crippen molar-refractivity contribution in [2.75, 3.05) is 0 Å². The van der Waals surface area contributed by atoms with Gasteiger partial charge in [0.2, 0.25) is 11.6 Å². The van der Waals surface area contributed by atoms with Gasteiger partial charge in [-0.3, -0.25) is 0 Å². The summed E-state index contributed by atoms with van der Waals surface area (Å²) < 4.78 is 94.4. The van der Waals surface area contributed by atoms with Gasteiger partial charge in [-0.15, -0.1) is 13.2 Å². The molecule has 0 unspecified atom stereocenters. The molecule has 22 heavy (non-hydrogen) atoms. The molecule has 0 aliphatic carbocycles. The third kappa shape index (κ3) is 2.78. The van der Waals surface area contributed by atoms with Crippen LogP contribution in [0.3, 0.4) is 0 Å². The fourth-order valence-electron chi connectivity index (χ4n) is 1.74. The summed E-state index contributed by atoms with van der Waals surface area (Å²) in [6.45, 7) is 0. The minimum Gasteiger partial charge on any atom is -0.503 e. The standard InChI is InChI=1S/C13H5F7O2/c14-8-7(9(15)11(17)12(21)10(8)16)5-3-1-2-4-6(5)22-13(18,19)20/h1-4,21H. The molecule has 118 valence electrons. The highest BCUT2D eigenvalue weighted by molar-refractivity contribution is 5.72. The number of aromatic hydroxyl groups is 1. The highest BCUT2D eigenvalue weighted by atomic mass is 19.4. The van der Waals surface area contributed by atoms with Gasteiger partial charge in [0.25, 0.3) is 0 Å². The summed E-state index contributed by atoms with van der Waals surface area (Å²) in [6, 6.07) is 3.64. The van der Waals surface area contributed by atoms with Gasteiger partial charge in [-0.2, -0.15) is 8.78 Å². The predicted octanol–water partition coefficient (Wildman–Crippen LogP) is 4.51. The van der Waals surface area contributed by atoms with Crippen molar-refractivity contribution in [1.82, 2.24) is 0 Å². The zero-order chi connectivity index (χ0) is 16.7. The zero-order valence-electron chi connectivity index (χ0n) is 10.3. The van der Waals surface area contributed by atoms with E-state index < -0.39 is 52.3 Å². The Morgan fingerprint density at radius 1 is 0.818 bits per heavy atom. The van der Waals surface area contributed by atoms with Crippen LogP contribution >= 0.6 is 0 Å². The lowest BCUT2D eigenvalue weighted by Gasteiger charge is -2.15. The van der Waals surface area contributed by atoms with Gasteiger partial charge >= 0.3 is 6.36 Å². The molecular formula is C13H5F7O2. The van der Waals surface area contributed by atoms with Crippen LogP contribution in [0.4, 0.5) is 30.7 Å². The summed E-state index contributed by atoms with van der Waals surface area (Å²) in [5.74, 6) is -11.3. The Labute approximate surface area is 118 Å². The molecule has 2 aromatic carbocycles. The van der Waals surface area contributed by atoms with Crippen LogP contribution in [0, 0.1) is 23.3 Å². The Kier molecular flexibility index (Phi) is 3.90. The molecule has 0 radical (unpaired) electrons. The van der Waals surface area contributed by atoms with Crippen molar-refractivity contribution in [2.24, 2.45) is 0 Å². The number of hydrogen-bond acceptors (Lipinski definition) is 2. The fraction of sp³-hybridized carbons (Fsp3) is 0.0769. The monoisotopic (exact) mass is 326 g/mol. The second kappa shape index (κ2) is 5.39. The number of hydrogen-bond donors (Lipinski definition) is 1. The first kappa shape index (κ1) is 15.9. The molecule has 0 saturated heterocycles. The van der Waals surface area contributed by atoms with Gasteiger partial charge in [0, 0.05) is 5.56 Å². The number of para-hydroxylation sites is 1. The molecular weight excluding hydrogens is 321 g/mol. The Balaban J connectivity index is 2.74. The smallest absolute Gasteiger partial charge is 0.503 e. The second-order valence-corrected chi connectivity index (χ2v) is 4.02. The molecule has 1 N–H and O–H groups in total. The lowest BCUT2D eigenvalue weighted by molar-refractivity contribution is -0.274. The third-order valence-electron chi connectivity index (χ3n) is 2.62. The SMILES string of the molecule is Oc1c(F)c(F)c(-c2ccccc2OC(F)(F)F)c(F)c1F. The maximum Gasteiger partial charge on any atom is 0.573 e. The molecule has 0 spiro atoms. The molecule has 2 nitrogen and oxygen atoms in total. The van der Waals surface area contributed by atoms with Crippen molar-refractivity contribution in [2.45, 2.75) is 6.36 Å². The van der Waals surface area contributed by atoms with E-state index in [0.29, 0.717) is 6.07 Å². The number of ether oxygens (including phenoxy) is 1. The number of alkyl halides is 3. The highest BCUT2D eigenvalue weighted by Crippen LogP contribution is 2.40. The number of halogens is 7. The Morgan fingerprint density at radius 3 is 1.82 bits per heavy atom. The van der Waals surface area contributed by atoms with E-state index in [1.54, 1.807) is 0 Å². The highest BCUT2D eigenvalue weighted by Gasteiger charge is 2.34. The lowest BCUT2D eigenvalue weighted by atomic mass is 10.0. The van der Waals surface area contributed by atoms with E-state index >= 15 is 0 Å². The van der Waals surface area contributed by atoms with Gasteiger partial charge < -0.3 is 9.84 Å². The van der Waals surface area contributed by atoms with Crippen molar-refractivity contribution in [3.05, 3.63) is 47.5 Å². The molecule has 0 heterocycles. The molecule has 9 heteroatoms. The molecule has 0 aliphatic rings. The number of phenolic OH excluding ortho intramolecular Hbond substituents is 1. The normalized spacial score (nSPS) is 11.6. The van der Waals surface area contributed by atoms with Crippen molar-refractivity contribution < 1.29 is 40.6 Å². The number of benzene rings is 2. The van der Waals surface area contributed by atoms with Crippen LogP contribution in [-0.4, -0.2) is 11.5 Å². The first-order chi connectivity index (χ1) is 10.1. The molecule has 2 aromatic rings. The molecule has 0 aromatic heterocycles. The van der Waals surface area contributed by atoms with Gasteiger partial charge in [-0.05, 0) is 6.07 Å². The molecule has 2 rings (SSSR count). The number of phenols is 1. The van der Waals surface area contributed by atoms with Crippen molar-refractivity contribution in [3.8, 4) is 22.6 Å². The first-order valence-electron chi connectivity index (χ1n) is 5.53. The molecule has 0 fully saturated rings. The van der Waals surface area contributed by atoms with E-state index in [1.807, 2.05) is 0 Å². The average molecular weight is 326 g/mol. The third-order valence-corrected chi connectivity index (χ3v) is 2.62. The second-order valence-electron chi connectivity index (χ2n) is 4.02. The van der Waals surface area contributed by atoms with E-state index in [0.717, 1.165) is 18.2 Å². The summed E-state index contributed by atoms with van der Waals surface area (Å²) in [6.07, 6.45) is -5.18. The first-order valence-corrected chi connectivity index (χ1v) is 5.53. The minimum absolute atomic E-state index is 0.713. The van der Waals surface area contributed by atoms with Gasteiger partial charge in [0.15, 0.2) is 17.4 Å². The molecule has 0 saturated carbocycles. The van der Waals surface area contributed by atoms with Gasteiger partial charge in [-0.25, -0.2) is 8.78 Å². The van der Waals surface area contributed by atoms with Crippen LogP contribution in [0.15, 0.2) is 24.3 Å². The summed E-state index contributed by atoms with van der Waals surface area (Å²) in [4.78, 5) is 0. The van der Waals surface area contributed by atoms with Crippen LogP contribution in [0.1, 0.15) is 0 Å². The fourth-order valence-corrected chi connectivity index (χ4v) is 1.74. The Morgan fingerprint density at radius 2 is 1.32 bits per heavy atom. The van der Waals surface area contributed by atoms with E-state index in [-0.39, 0.29) is 0 Å². The zero-order valence-corrected chi connectivity index (χ0v) is 10.3. The summed E-state index contributed by atoms with van der Waals surface area (Å²) in [5, 5.41) is 8.85. The van der Waals surface area contributed by atoms with Crippen molar-refractivity contribution in [3.63, 3.8) is 0 Å². The van der Waals surface area contributed by atoms with E-state index in [4.69, 9.17) is 5.11 Å². The van der Waals surface area contributed by atoms with E-state index in [9.17, 15) is 30.7 Å². The maximum atomic E-state index is 13.7. The largest absolute Gasteiger partial charge is 0.573 e. The molecule has 0 atom stereocenters. The Hall–Kier alpha value is -2.45. The van der Waals surface area contributed by atoms with Crippen LogP contribution in [0.2, 0.25) is 0 Å². The molecule has 0 bridgehead atoms. The van der Waals surface area contributed by atoms with Crippen molar-refractivity contribution >= 4 is 0 Å². The lowest BCUT2D eigenvalue weighted by Crippen LogP contribution is -2.18. The van der Waals surface area contributed by atoms with E-state index in [1.165, 1.54) is 0 Å². The van der Waals surface area contributed by atoms with Crippen LogP contribution in [0.25, 0.3) is 11.1 Å².